The number of pyridine rings is 1. The highest BCUT2D eigenvalue weighted by molar-refractivity contribution is 9.10. The minimum absolute atomic E-state index is 0.523. The molecule has 0 atom stereocenters. The summed E-state index contributed by atoms with van der Waals surface area (Å²) in [6.07, 6.45) is 6.49. The first-order valence-corrected chi connectivity index (χ1v) is 8.71. The van der Waals surface area contributed by atoms with Crippen LogP contribution >= 0.6 is 15.9 Å². The van der Waals surface area contributed by atoms with Crippen LogP contribution in [0.5, 0.6) is 0 Å². The molecule has 126 valence electrons. The normalized spacial score (nSPS) is 11.8. The summed E-state index contributed by atoms with van der Waals surface area (Å²) < 4.78 is 8.35. The number of aromatic nitrogens is 2. The molecule has 7 heteroatoms. The Bertz CT molecular complexity index is 810. The molecule has 0 amide bonds. The fourth-order valence-corrected chi connectivity index (χ4v) is 2.71. The molecule has 0 radical (unpaired) electrons. The number of fused-ring (bicyclic) bond motifs is 1. The number of nitrogens with zero attached hydrogens (tertiary/aromatic N) is 3. The zero-order valence-electron chi connectivity index (χ0n) is 13.5. The third kappa shape index (κ3) is 4.38. The predicted molar refractivity (Wildman–Crippen MR) is 98.1 cm³/mol. The Hall–Kier alpha value is -2.28. The summed E-state index contributed by atoms with van der Waals surface area (Å²) in [6.45, 7) is 4.14. The summed E-state index contributed by atoms with van der Waals surface area (Å²) in [5, 5.41) is 6.55. The van der Waals surface area contributed by atoms with Crippen molar-refractivity contribution in [2.75, 3.05) is 13.1 Å². The number of hydrogen-bond donors (Lipinski definition) is 2. The second-order valence-corrected chi connectivity index (χ2v) is 6.21. The second-order valence-electron chi connectivity index (χ2n) is 5.30. The quantitative estimate of drug-likeness (QED) is 0.502. The maximum atomic E-state index is 5.33. The molecule has 0 aliphatic rings. The lowest BCUT2D eigenvalue weighted by atomic mass is 10.3. The van der Waals surface area contributed by atoms with Crippen molar-refractivity contribution in [2.24, 2.45) is 4.99 Å². The number of guanidine groups is 1. The van der Waals surface area contributed by atoms with E-state index in [4.69, 9.17) is 4.42 Å². The molecule has 3 heterocycles. The molecule has 3 aromatic heterocycles. The molecule has 24 heavy (non-hydrogen) atoms. The van der Waals surface area contributed by atoms with Crippen LogP contribution in [0.3, 0.4) is 0 Å². The van der Waals surface area contributed by atoms with E-state index in [0.717, 1.165) is 47.0 Å². The molecule has 0 unspecified atom stereocenters. The van der Waals surface area contributed by atoms with Crippen LogP contribution in [0.2, 0.25) is 0 Å². The Balaban J connectivity index is 1.61. The van der Waals surface area contributed by atoms with Gasteiger partial charge in [-0.1, -0.05) is 0 Å². The fourth-order valence-electron chi connectivity index (χ4n) is 2.35. The number of aliphatic imine (C=N–C) groups is 1. The highest BCUT2D eigenvalue weighted by atomic mass is 79.9. The topological polar surface area (TPSA) is 66.9 Å². The molecule has 3 rings (SSSR count). The molecule has 0 bridgehead atoms. The van der Waals surface area contributed by atoms with E-state index in [9.17, 15) is 0 Å². The van der Waals surface area contributed by atoms with Gasteiger partial charge in [0.25, 0.3) is 0 Å². The van der Waals surface area contributed by atoms with Crippen molar-refractivity contribution in [1.82, 2.24) is 20.0 Å². The van der Waals surface area contributed by atoms with Gasteiger partial charge in [-0.05, 0) is 47.1 Å². The minimum atomic E-state index is 0.523. The Morgan fingerprint density at radius 1 is 1.29 bits per heavy atom. The molecular weight excluding hydrogens is 370 g/mol. The first-order chi connectivity index (χ1) is 11.7. The summed E-state index contributed by atoms with van der Waals surface area (Å²) in [5.74, 6) is 1.74. The Morgan fingerprint density at radius 3 is 3.00 bits per heavy atom. The smallest absolute Gasteiger partial charge is 0.191 e. The highest BCUT2D eigenvalue weighted by Gasteiger charge is 2.03. The average molecular weight is 390 g/mol. The Morgan fingerprint density at radius 2 is 2.21 bits per heavy atom. The maximum absolute atomic E-state index is 5.33. The van der Waals surface area contributed by atoms with E-state index < -0.39 is 0 Å². The van der Waals surface area contributed by atoms with E-state index in [-0.39, 0.29) is 0 Å². The molecule has 0 saturated heterocycles. The van der Waals surface area contributed by atoms with Crippen LogP contribution in [0.15, 0.2) is 56.8 Å². The van der Waals surface area contributed by atoms with E-state index in [0.29, 0.717) is 6.54 Å². The summed E-state index contributed by atoms with van der Waals surface area (Å²) in [7, 11) is 0. The lowest BCUT2D eigenvalue weighted by Gasteiger charge is -2.10. The number of halogens is 1. The van der Waals surface area contributed by atoms with E-state index in [1.807, 2.05) is 48.0 Å². The van der Waals surface area contributed by atoms with E-state index in [1.54, 1.807) is 6.26 Å². The van der Waals surface area contributed by atoms with Crippen molar-refractivity contribution in [2.45, 2.75) is 19.9 Å². The van der Waals surface area contributed by atoms with Gasteiger partial charge >= 0.3 is 0 Å². The molecule has 0 aromatic carbocycles. The zero-order chi connectivity index (χ0) is 16.8. The molecule has 0 spiro atoms. The standard InChI is InChI=1S/C17H20BrN5O/c1-2-19-17(20-8-7-15-4-3-9-24-15)21-10-14-12-23-11-13(18)5-6-16(23)22-14/h3-6,9,11-12H,2,7-8,10H2,1H3,(H2,19,20,21). The third-order valence-corrected chi connectivity index (χ3v) is 3.92. The lowest BCUT2D eigenvalue weighted by molar-refractivity contribution is 0.507. The van der Waals surface area contributed by atoms with E-state index in [1.165, 1.54) is 0 Å². The van der Waals surface area contributed by atoms with Crippen molar-refractivity contribution >= 4 is 27.5 Å². The number of imidazole rings is 1. The van der Waals surface area contributed by atoms with Crippen LogP contribution in [0.1, 0.15) is 18.4 Å². The molecule has 0 aliphatic carbocycles. The predicted octanol–water partition coefficient (Wildman–Crippen LogP) is 2.99. The number of hydrogen-bond acceptors (Lipinski definition) is 3. The maximum Gasteiger partial charge on any atom is 0.191 e. The summed E-state index contributed by atoms with van der Waals surface area (Å²) >= 11 is 3.47. The number of nitrogens with one attached hydrogen (secondary N) is 2. The van der Waals surface area contributed by atoms with Gasteiger partial charge in [0.05, 0.1) is 18.5 Å². The monoisotopic (exact) mass is 389 g/mol. The van der Waals surface area contributed by atoms with Gasteiger partial charge in [-0.3, -0.25) is 0 Å². The van der Waals surface area contributed by atoms with E-state index in [2.05, 4.69) is 36.5 Å². The summed E-state index contributed by atoms with van der Waals surface area (Å²) in [5.41, 5.74) is 1.84. The highest BCUT2D eigenvalue weighted by Crippen LogP contribution is 2.12. The van der Waals surface area contributed by atoms with Crippen molar-refractivity contribution in [1.29, 1.82) is 0 Å². The van der Waals surface area contributed by atoms with Gasteiger partial charge in [0, 0.05) is 36.4 Å². The molecule has 0 aliphatic heterocycles. The van der Waals surface area contributed by atoms with Crippen LogP contribution in [0, 0.1) is 0 Å². The molecule has 0 fully saturated rings. The van der Waals surface area contributed by atoms with Gasteiger partial charge in [-0.2, -0.15) is 0 Å². The Kier molecular flexibility index (Phi) is 5.53. The van der Waals surface area contributed by atoms with Gasteiger partial charge in [0.15, 0.2) is 5.96 Å². The number of furan rings is 1. The fraction of sp³-hybridized carbons (Fsp3) is 0.294. The largest absolute Gasteiger partial charge is 0.469 e. The van der Waals surface area contributed by atoms with Crippen LogP contribution in [0.25, 0.3) is 5.65 Å². The molecule has 0 saturated carbocycles. The first-order valence-electron chi connectivity index (χ1n) is 7.92. The SMILES string of the molecule is CCNC(=NCc1cn2cc(Br)ccc2n1)NCCc1ccco1. The average Bonchev–Trinajstić information content (AvgIpc) is 3.21. The Labute approximate surface area is 149 Å². The minimum Gasteiger partial charge on any atom is -0.469 e. The lowest BCUT2D eigenvalue weighted by Crippen LogP contribution is -2.38. The zero-order valence-corrected chi connectivity index (χ0v) is 15.1. The van der Waals surface area contributed by atoms with Crippen LogP contribution in [-0.4, -0.2) is 28.4 Å². The van der Waals surface area contributed by atoms with Crippen molar-refractivity contribution in [3.63, 3.8) is 0 Å². The number of rotatable bonds is 6. The van der Waals surface area contributed by atoms with Gasteiger partial charge in [0.2, 0.25) is 0 Å². The molecule has 3 aromatic rings. The van der Waals surface area contributed by atoms with Gasteiger partial charge in [-0.15, -0.1) is 0 Å². The van der Waals surface area contributed by atoms with E-state index >= 15 is 0 Å². The second kappa shape index (κ2) is 8.01. The molecular formula is C17H20BrN5O. The van der Waals surface area contributed by atoms with Crippen molar-refractivity contribution < 1.29 is 4.42 Å². The summed E-state index contributed by atoms with van der Waals surface area (Å²) in [4.78, 5) is 9.17. The molecule has 2 N–H and O–H groups in total. The van der Waals surface area contributed by atoms with Crippen molar-refractivity contribution in [3.05, 3.63) is 58.8 Å². The van der Waals surface area contributed by atoms with Gasteiger partial charge in [-0.25, -0.2) is 9.98 Å². The van der Waals surface area contributed by atoms with Crippen LogP contribution in [-0.2, 0) is 13.0 Å². The van der Waals surface area contributed by atoms with Crippen LogP contribution < -0.4 is 10.6 Å². The summed E-state index contributed by atoms with van der Waals surface area (Å²) in [6, 6.07) is 7.83. The first kappa shape index (κ1) is 16.6. The van der Waals surface area contributed by atoms with Crippen molar-refractivity contribution in [3.8, 4) is 0 Å². The molecule has 6 nitrogen and oxygen atoms in total. The van der Waals surface area contributed by atoms with Gasteiger partial charge in [0.1, 0.15) is 11.4 Å². The van der Waals surface area contributed by atoms with Crippen LogP contribution in [0.4, 0.5) is 0 Å². The van der Waals surface area contributed by atoms with Gasteiger partial charge < -0.3 is 19.5 Å². The third-order valence-electron chi connectivity index (χ3n) is 3.45.